The summed E-state index contributed by atoms with van der Waals surface area (Å²) in [4.78, 5) is 24.5. The fourth-order valence-electron chi connectivity index (χ4n) is 2.10. The van der Waals surface area contributed by atoms with Crippen LogP contribution in [0.15, 0.2) is 12.1 Å². The number of nitro benzene ring substituents is 1. The van der Waals surface area contributed by atoms with Crippen molar-refractivity contribution in [2.24, 2.45) is 0 Å². The zero-order chi connectivity index (χ0) is 15.4. The second-order valence-corrected chi connectivity index (χ2v) is 4.85. The van der Waals surface area contributed by atoms with Crippen molar-refractivity contribution in [2.45, 2.75) is 19.8 Å². The minimum Gasteiger partial charge on any atom is -0.486 e. The molecule has 21 heavy (non-hydrogen) atoms. The van der Waals surface area contributed by atoms with Crippen LogP contribution in [0.5, 0.6) is 11.5 Å². The van der Waals surface area contributed by atoms with Crippen LogP contribution in [0.1, 0.15) is 30.1 Å². The SMILES string of the molecule is CCCCN(C)C(=O)c1cc2c(cc1[N+](=O)[O-])OCCO2. The third-order valence-corrected chi connectivity index (χ3v) is 3.28. The average Bonchev–Trinajstić information content (AvgIpc) is 2.50. The van der Waals surface area contributed by atoms with Crippen LogP contribution in [0.4, 0.5) is 5.69 Å². The molecule has 1 aromatic carbocycles. The van der Waals surface area contributed by atoms with Crippen LogP contribution in [0, 0.1) is 10.1 Å². The number of carbonyl (C=O) groups is 1. The smallest absolute Gasteiger partial charge is 0.286 e. The molecule has 0 atom stereocenters. The number of fused-ring (bicyclic) bond motifs is 1. The topological polar surface area (TPSA) is 81.9 Å². The third kappa shape index (κ3) is 3.24. The maximum absolute atomic E-state index is 12.4. The van der Waals surface area contributed by atoms with E-state index in [9.17, 15) is 14.9 Å². The first-order valence-corrected chi connectivity index (χ1v) is 6.88. The Morgan fingerprint density at radius 3 is 2.52 bits per heavy atom. The molecule has 1 aliphatic heterocycles. The van der Waals surface area contributed by atoms with Gasteiger partial charge in [-0.2, -0.15) is 0 Å². The Labute approximate surface area is 122 Å². The van der Waals surface area contributed by atoms with Crippen LogP contribution in [0.3, 0.4) is 0 Å². The van der Waals surface area contributed by atoms with Crippen molar-refractivity contribution in [2.75, 3.05) is 26.8 Å². The standard InChI is InChI=1S/C14H18N2O5/c1-3-4-5-15(2)14(17)10-8-12-13(21-7-6-20-12)9-11(10)16(18)19/h8-9H,3-7H2,1-2H3. The quantitative estimate of drug-likeness (QED) is 0.614. The van der Waals surface area contributed by atoms with Crippen molar-refractivity contribution >= 4 is 11.6 Å². The molecule has 0 fully saturated rings. The van der Waals surface area contributed by atoms with E-state index in [1.807, 2.05) is 6.92 Å². The summed E-state index contributed by atoms with van der Waals surface area (Å²) < 4.78 is 10.7. The highest BCUT2D eigenvalue weighted by Crippen LogP contribution is 2.37. The molecule has 0 saturated heterocycles. The van der Waals surface area contributed by atoms with E-state index in [-0.39, 0.29) is 17.2 Å². The van der Waals surface area contributed by atoms with Crippen molar-refractivity contribution in [3.8, 4) is 11.5 Å². The van der Waals surface area contributed by atoms with Crippen molar-refractivity contribution in [1.82, 2.24) is 4.90 Å². The van der Waals surface area contributed by atoms with Gasteiger partial charge < -0.3 is 14.4 Å². The van der Waals surface area contributed by atoms with Gasteiger partial charge >= 0.3 is 0 Å². The molecule has 0 saturated carbocycles. The summed E-state index contributed by atoms with van der Waals surface area (Å²) in [7, 11) is 1.64. The minimum atomic E-state index is -0.570. The number of benzene rings is 1. The highest BCUT2D eigenvalue weighted by molar-refractivity contribution is 5.99. The lowest BCUT2D eigenvalue weighted by molar-refractivity contribution is -0.385. The Bertz CT molecular complexity index is 559. The number of ether oxygens (including phenoxy) is 2. The van der Waals surface area contributed by atoms with Gasteiger partial charge in [-0.25, -0.2) is 0 Å². The lowest BCUT2D eigenvalue weighted by atomic mass is 10.1. The second kappa shape index (κ2) is 6.43. The van der Waals surface area contributed by atoms with Crippen molar-refractivity contribution in [3.05, 3.63) is 27.8 Å². The van der Waals surface area contributed by atoms with Gasteiger partial charge in [0.1, 0.15) is 18.8 Å². The average molecular weight is 294 g/mol. The number of hydrogen-bond donors (Lipinski definition) is 0. The fourth-order valence-corrected chi connectivity index (χ4v) is 2.10. The van der Waals surface area contributed by atoms with E-state index in [1.54, 1.807) is 7.05 Å². The zero-order valence-electron chi connectivity index (χ0n) is 12.1. The van der Waals surface area contributed by atoms with Crippen LogP contribution >= 0.6 is 0 Å². The first-order valence-electron chi connectivity index (χ1n) is 6.88. The molecule has 0 aromatic heterocycles. The summed E-state index contributed by atoms with van der Waals surface area (Å²) in [5.41, 5.74) is -0.226. The highest BCUT2D eigenvalue weighted by atomic mass is 16.6. The van der Waals surface area contributed by atoms with Gasteiger partial charge in [0.25, 0.3) is 11.6 Å². The van der Waals surface area contributed by atoms with Crippen LogP contribution in [0.2, 0.25) is 0 Å². The predicted molar refractivity (Wildman–Crippen MR) is 76.0 cm³/mol. The zero-order valence-corrected chi connectivity index (χ0v) is 12.1. The van der Waals surface area contributed by atoms with E-state index in [4.69, 9.17) is 9.47 Å². The van der Waals surface area contributed by atoms with E-state index < -0.39 is 4.92 Å². The number of hydrogen-bond acceptors (Lipinski definition) is 5. The van der Waals surface area contributed by atoms with Gasteiger partial charge in [0, 0.05) is 19.7 Å². The molecular formula is C14H18N2O5. The first-order chi connectivity index (χ1) is 10.0. The van der Waals surface area contributed by atoms with Crippen LogP contribution in [-0.4, -0.2) is 42.5 Å². The molecular weight excluding hydrogens is 276 g/mol. The van der Waals surface area contributed by atoms with Crippen molar-refractivity contribution in [1.29, 1.82) is 0 Å². The number of nitro groups is 1. The molecule has 0 aliphatic carbocycles. The molecule has 7 heteroatoms. The van der Waals surface area contributed by atoms with E-state index in [0.29, 0.717) is 31.3 Å². The van der Waals surface area contributed by atoms with Crippen LogP contribution in [0.25, 0.3) is 0 Å². The molecule has 2 rings (SSSR count). The summed E-state index contributed by atoms with van der Waals surface area (Å²) in [6, 6.07) is 2.66. The Hall–Kier alpha value is -2.31. The lowest BCUT2D eigenvalue weighted by Gasteiger charge is -2.21. The van der Waals surface area contributed by atoms with Gasteiger partial charge in [0.15, 0.2) is 11.5 Å². The van der Waals surface area contributed by atoms with Crippen LogP contribution in [-0.2, 0) is 0 Å². The summed E-state index contributed by atoms with van der Waals surface area (Å²) in [5, 5.41) is 11.2. The molecule has 0 N–H and O–H groups in total. The Kier molecular flexibility index (Phi) is 4.62. The third-order valence-electron chi connectivity index (χ3n) is 3.28. The van der Waals surface area contributed by atoms with E-state index in [2.05, 4.69) is 0 Å². The molecule has 0 radical (unpaired) electrons. The summed E-state index contributed by atoms with van der Waals surface area (Å²) in [6.45, 7) is 3.28. The van der Waals surface area contributed by atoms with Crippen molar-refractivity contribution < 1.29 is 19.2 Å². The van der Waals surface area contributed by atoms with Gasteiger partial charge in [0.2, 0.25) is 0 Å². The van der Waals surface area contributed by atoms with Gasteiger partial charge in [-0.1, -0.05) is 13.3 Å². The van der Waals surface area contributed by atoms with Gasteiger partial charge in [-0.05, 0) is 6.42 Å². The normalized spacial score (nSPS) is 12.9. The van der Waals surface area contributed by atoms with E-state index in [1.165, 1.54) is 17.0 Å². The predicted octanol–water partition coefficient (Wildman–Crippen LogP) is 2.24. The molecule has 0 spiro atoms. The number of nitrogens with zero attached hydrogens (tertiary/aromatic N) is 2. The molecule has 7 nitrogen and oxygen atoms in total. The molecule has 1 amide bonds. The monoisotopic (exact) mass is 294 g/mol. The van der Waals surface area contributed by atoms with Crippen molar-refractivity contribution in [3.63, 3.8) is 0 Å². The molecule has 0 bridgehead atoms. The number of rotatable bonds is 5. The van der Waals surface area contributed by atoms with E-state index >= 15 is 0 Å². The number of unbranched alkanes of at least 4 members (excludes halogenated alkanes) is 1. The molecule has 0 unspecified atom stereocenters. The van der Waals surface area contributed by atoms with Gasteiger partial charge in [-0.3, -0.25) is 14.9 Å². The number of amides is 1. The summed E-state index contributed by atoms with van der Waals surface area (Å²) in [6.07, 6.45) is 1.79. The first kappa shape index (κ1) is 15.1. The Morgan fingerprint density at radius 1 is 1.33 bits per heavy atom. The van der Waals surface area contributed by atoms with Crippen LogP contribution < -0.4 is 9.47 Å². The summed E-state index contributed by atoms with van der Waals surface area (Å²) >= 11 is 0. The lowest BCUT2D eigenvalue weighted by Crippen LogP contribution is -2.28. The summed E-state index contributed by atoms with van der Waals surface area (Å²) in [5.74, 6) is 0.298. The molecule has 1 aliphatic rings. The molecule has 1 aromatic rings. The second-order valence-electron chi connectivity index (χ2n) is 4.85. The van der Waals surface area contributed by atoms with Gasteiger partial charge in [0.05, 0.1) is 11.0 Å². The Morgan fingerprint density at radius 2 is 1.95 bits per heavy atom. The fraction of sp³-hybridized carbons (Fsp3) is 0.500. The largest absolute Gasteiger partial charge is 0.486 e. The maximum Gasteiger partial charge on any atom is 0.286 e. The highest BCUT2D eigenvalue weighted by Gasteiger charge is 2.27. The number of carbonyl (C=O) groups excluding carboxylic acids is 1. The minimum absolute atomic E-state index is 0.0304. The van der Waals surface area contributed by atoms with Gasteiger partial charge in [-0.15, -0.1) is 0 Å². The molecule has 1 heterocycles. The maximum atomic E-state index is 12.4. The molecule has 114 valence electrons. The van der Waals surface area contributed by atoms with E-state index in [0.717, 1.165) is 12.8 Å². The Balaban J connectivity index is 2.36.